The Hall–Kier alpha value is -3.22. The van der Waals surface area contributed by atoms with Gasteiger partial charge in [0.2, 0.25) is 5.75 Å². The molecule has 1 aliphatic heterocycles. The molecule has 28 heavy (non-hydrogen) atoms. The monoisotopic (exact) mass is 385 g/mol. The van der Waals surface area contributed by atoms with E-state index in [2.05, 4.69) is 5.32 Å². The second-order valence-electron chi connectivity index (χ2n) is 6.28. The fourth-order valence-electron chi connectivity index (χ4n) is 2.79. The van der Waals surface area contributed by atoms with Crippen molar-refractivity contribution in [1.82, 2.24) is 5.32 Å². The maximum absolute atomic E-state index is 12.5. The third-order valence-electron chi connectivity index (χ3n) is 4.27. The van der Waals surface area contributed by atoms with Crippen LogP contribution >= 0.6 is 0 Å². The molecular formula is C21H23NO6. The highest BCUT2D eigenvalue weighted by Gasteiger charge is 2.24. The quantitative estimate of drug-likeness (QED) is 0.737. The van der Waals surface area contributed by atoms with E-state index >= 15 is 0 Å². The molecule has 0 radical (unpaired) electrons. The van der Waals surface area contributed by atoms with Crippen molar-refractivity contribution in [2.24, 2.45) is 0 Å². The van der Waals surface area contributed by atoms with E-state index in [9.17, 15) is 9.59 Å². The SMILES string of the molecule is COc1cc(C(=O)O[C@H](C)C(=O)NCCc2ccccc2)cc2c1OCCO2. The van der Waals surface area contributed by atoms with Gasteiger partial charge in [0.05, 0.1) is 12.7 Å². The normalized spacial score (nSPS) is 13.4. The number of benzene rings is 2. The number of rotatable bonds is 7. The lowest BCUT2D eigenvalue weighted by molar-refractivity contribution is -0.129. The van der Waals surface area contributed by atoms with Crippen LogP contribution in [0.1, 0.15) is 22.8 Å². The number of amides is 1. The van der Waals surface area contributed by atoms with Crippen LogP contribution in [0.15, 0.2) is 42.5 Å². The molecule has 7 heteroatoms. The number of carbonyl (C=O) groups is 2. The summed E-state index contributed by atoms with van der Waals surface area (Å²) in [6, 6.07) is 12.9. The molecule has 1 aliphatic rings. The highest BCUT2D eigenvalue weighted by Crippen LogP contribution is 2.40. The molecular weight excluding hydrogens is 362 g/mol. The average molecular weight is 385 g/mol. The molecule has 0 unspecified atom stereocenters. The largest absolute Gasteiger partial charge is 0.493 e. The third kappa shape index (κ3) is 4.73. The van der Waals surface area contributed by atoms with Gasteiger partial charge < -0.3 is 24.3 Å². The lowest BCUT2D eigenvalue weighted by atomic mass is 10.1. The van der Waals surface area contributed by atoms with Crippen molar-refractivity contribution in [3.05, 3.63) is 53.6 Å². The summed E-state index contributed by atoms with van der Waals surface area (Å²) in [5.41, 5.74) is 1.35. The minimum Gasteiger partial charge on any atom is -0.493 e. The Morgan fingerprint density at radius 2 is 1.89 bits per heavy atom. The first-order chi connectivity index (χ1) is 13.6. The highest BCUT2D eigenvalue weighted by molar-refractivity contribution is 5.93. The number of carbonyl (C=O) groups excluding carboxylic acids is 2. The first-order valence-electron chi connectivity index (χ1n) is 9.08. The van der Waals surface area contributed by atoms with Gasteiger partial charge in [-0.2, -0.15) is 0 Å². The summed E-state index contributed by atoms with van der Waals surface area (Å²) < 4.78 is 21.6. The minimum atomic E-state index is -0.928. The molecule has 7 nitrogen and oxygen atoms in total. The van der Waals surface area contributed by atoms with Crippen LogP contribution in [0, 0.1) is 0 Å². The lowest BCUT2D eigenvalue weighted by Crippen LogP contribution is -2.36. The Morgan fingerprint density at radius 3 is 2.64 bits per heavy atom. The van der Waals surface area contributed by atoms with Crippen LogP contribution < -0.4 is 19.5 Å². The van der Waals surface area contributed by atoms with Gasteiger partial charge in [0, 0.05) is 6.54 Å². The summed E-state index contributed by atoms with van der Waals surface area (Å²) in [5.74, 6) is 0.258. The number of methoxy groups -OCH3 is 1. The van der Waals surface area contributed by atoms with E-state index in [1.807, 2.05) is 30.3 Å². The van der Waals surface area contributed by atoms with Crippen molar-refractivity contribution in [2.45, 2.75) is 19.4 Å². The van der Waals surface area contributed by atoms with Crippen molar-refractivity contribution in [3.63, 3.8) is 0 Å². The fourth-order valence-corrected chi connectivity index (χ4v) is 2.79. The summed E-state index contributed by atoms with van der Waals surface area (Å²) >= 11 is 0. The van der Waals surface area contributed by atoms with E-state index in [1.165, 1.54) is 26.2 Å². The van der Waals surface area contributed by atoms with Crippen molar-refractivity contribution in [2.75, 3.05) is 26.9 Å². The molecule has 3 rings (SSSR count). The number of hydrogen-bond acceptors (Lipinski definition) is 6. The van der Waals surface area contributed by atoms with Gasteiger partial charge in [-0.05, 0) is 31.0 Å². The molecule has 0 bridgehead atoms. The van der Waals surface area contributed by atoms with Gasteiger partial charge >= 0.3 is 5.97 Å². The Balaban J connectivity index is 1.57. The summed E-state index contributed by atoms with van der Waals surface area (Å²) in [7, 11) is 1.48. The summed E-state index contributed by atoms with van der Waals surface area (Å²) in [6.45, 7) is 2.79. The maximum Gasteiger partial charge on any atom is 0.339 e. The molecule has 0 aromatic heterocycles. The third-order valence-corrected chi connectivity index (χ3v) is 4.27. The number of fused-ring (bicyclic) bond motifs is 1. The van der Waals surface area contributed by atoms with E-state index in [0.29, 0.717) is 43.4 Å². The molecule has 1 heterocycles. The van der Waals surface area contributed by atoms with Crippen LogP contribution in [0.5, 0.6) is 17.2 Å². The van der Waals surface area contributed by atoms with Gasteiger partial charge in [0.15, 0.2) is 17.6 Å². The van der Waals surface area contributed by atoms with Gasteiger partial charge in [0.25, 0.3) is 5.91 Å². The van der Waals surface area contributed by atoms with Crippen LogP contribution in [0.3, 0.4) is 0 Å². The van der Waals surface area contributed by atoms with Crippen LogP contribution in [-0.2, 0) is 16.0 Å². The summed E-state index contributed by atoms with van der Waals surface area (Å²) in [6.07, 6.45) is -0.227. The standard InChI is InChI=1S/C21H23NO6/c1-14(20(23)22-9-8-15-6-4-3-5-7-15)28-21(24)16-12-17(25-2)19-18(13-16)26-10-11-27-19/h3-7,12-14H,8-11H2,1-2H3,(H,22,23)/t14-/m1/s1. The van der Waals surface area contributed by atoms with Crippen molar-refractivity contribution < 1.29 is 28.5 Å². The first-order valence-corrected chi connectivity index (χ1v) is 9.08. The highest BCUT2D eigenvalue weighted by atomic mass is 16.6. The van der Waals surface area contributed by atoms with Crippen LogP contribution in [-0.4, -0.2) is 44.8 Å². The lowest BCUT2D eigenvalue weighted by Gasteiger charge is -2.21. The first kappa shape index (κ1) is 19.5. The van der Waals surface area contributed by atoms with Gasteiger partial charge in [0.1, 0.15) is 13.2 Å². The molecule has 0 spiro atoms. The number of ether oxygens (including phenoxy) is 4. The zero-order valence-electron chi connectivity index (χ0n) is 15.9. The summed E-state index contributed by atoms with van der Waals surface area (Å²) in [5, 5.41) is 2.77. The molecule has 0 saturated heterocycles. The van der Waals surface area contributed by atoms with Gasteiger partial charge in [-0.15, -0.1) is 0 Å². The van der Waals surface area contributed by atoms with Crippen molar-refractivity contribution >= 4 is 11.9 Å². The predicted molar refractivity (Wildman–Crippen MR) is 102 cm³/mol. The molecule has 0 aliphatic carbocycles. The van der Waals surface area contributed by atoms with E-state index in [4.69, 9.17) is 18.9 Å². The number of nitrogens with one attached hydrogen (secondary N) is 1. The molecule has 0 saturated carbocycles. The van der Waals surface area contributed by atoms with E-state index < -0.39 is 12.1 Å². The maximum atomic E-state index is 12.5. The van der Waals surface area contributed by atoms with Gasteiger partial charge in [-0.1, -0.05) is 30.3 Å². The molecule has 1 amide bonds. The molecule has 2 aromatic rings. The smallest absolute Gasteiger partial charge is 0.339 e. The topological polar surface area (TPSA) is 83.1 Å². The van der Waals surface area contributed by atoms with Crippen molar-refractivity contribution in [3.8, 4) is 17.2 Å². The Bertz CT molecular complexity index is 819. The van der Waals surface area contributed by atoms with E-state index in [0.717, 1.165) is 5.56 Å². The zero-order valence-corrected chi connectivity index (χ0v) is 15.9. The molecule has 0 fully saturated rings. The molecule has 1 N–H and O–H groups in total. The van der Waals surface area contributed by atoms with Gasteiger partial charge in [-0.3, -0.25) is 4.79 Å². The molecule has 2 aromatic carbocycles. The second-order valence-corrected chi connectivity index (χ2v) is 6.28. The van der Waals surface area contributed by atoms with Crippen LogP contribution in [0.2, 0.25) is 0 Å². The number of esters is 1. The van der Waals surface area contributed by atoms with E-state index in [1.54, 1.807) is 0 Å². The Kier molecular flexibility index (Phi) is 6.37. The fraction of sp³-hybridized carbons (Fsp3) is 0.333. The van der Waals surface area contributed by atoms with Crippen LogP contribution in [0.25, 0.3) is 0 Å². The zero-order chi connectivity index (χ0) is 19.9. The van der Waals surface area contributed by atoms with Crippen LogP contribution in [0.4, 0.5) is 0 Å². The minimum absolute atomic E-state index is 0.227. The second kappa shape index (κ2) is 9.12. The van der Waals surface area contributed by atoms with Gasteiger partial charge in [-0.25, -0.2) is 4.79 Å². The predicted octanol–water partition coefficient (Wildman–Crippen LogP) is 2.37. The molecule has 148 valence electrons. The Morgan fingerprint density at radius 1 is 1.14 bits per heavy atom. The number of hydrogen-bond donors (Lipinski definition) is 1. The van der Waals surface area contributed by atoms with Crippen molar-refractivity contribution in [1.29, 1.82) is 0 Å². The van der Waals surface area contributed by atoms with E-state index in [-0.39, 0.29) is 11.5 Å². The average Bonchev–Trinajstić information content (AvgIpc) is 2.73. The Labute approximate surface area is 163 Å². The summed E-state index contributed by atoms with van der Waals surface area (Å²) in [4.78, 5) is 24.7. The molecule has 1 atom stereocenters.